The summed E-state index contributed by atoms with van der Waals surface area (Å²) in [6.07, 6.45) is 0. The van der Waals surface area contributed by atoms with Crippen LogP contribution in [0.2, 0.25) is 5.02 Å². The normalized spacial score (nSPS) is 14.6. The topological polar surface area (TPSA) is 35.6 Å². The number of anilines is 1. The SMILES string of the molecule is O=C(NCc1ccc(F)cc1)N1CCN(c2ccc(Cl)cc2)CC1. The van der Waals surface area contributed by atoms with Crippen molar-refractivity contribution in [1.29, 1.82) is 0 Å². The molecule has 126 valence electrons. The number of benzene rings is 2. The zero-order chi connectivity index (χ0) is 16.9. The second-order valence-electron chi connectivity index (χ2n) is 5.74. The van der Waals surface area contributed by atoms with E-state index >= 15 is 0 Å². The molecule has 1 saturated heterocycles. The van der Waals surface area contributed by atoms with E-state index in [0.717, 1.165) is 29.4 Å². The molecule has 6 heteroatoms. The maximum absolute atomic E-state index is 12.9. The van der Waals surface area contributed by atoms with Crippen LogP contribution < -0.4 is 10.2 Å². The number of carbonyl (C=O) groups excluding carboxylic acids is 1. The summed E-state index contributed by atoms with van der Waals surface area (Å²) in [4.78, 5) is 16.3. The first-order valence-corrected chi connectivity index (χ1v) is 8.27. The average Bonchev–Trinajstić information content (AvgIpc) is 2.62. The van der Waals surface area contributed by atoms with Crippen molar-refractivity contribution in [1.82, 2.24) is 10.2 Å². The molecule has 2 amide bonds. The van der Waals surface area contributed by atoms with E-state index in [0.29, 0.717) is 19.6 Å². The minimum absolute atomic E-state index is 0.0879. The van der Waals surface area contributed by atoms with Crippen molar-refractivity contribution in [2.45, 2.75) is 6.54 Å². The van der Waals surface area contributed by atoms with Gasteiger partial charge in [-0.25, -0.2) is 9.18 Å². The molecule has 0 spiro atoms. The number of halogens is 2. The van der Waals surface area contributed by atoms with E-state index in [4.69, 9.17) is 11.6 Å². The van der Waals surface area contributed by atoms with Crippen molar-refractivity contribution in [2.24, 2.45) is 0 Å². The predicted molar refractivity (Wildman–Crippen MR) is 93.9 cm³/mol. The van der Waals surface area contributed by atoms with Crippen LogP contribution in [0.1, 0.15) is 5.56 Å². The largest absolute Gasteiger partial charge is 0.368 e. The van der Waals surface area contributed by atoms with Crippen molar-refractivity contribution in [3.63, 3.8) is 0 Å². The second kappa shape index (κ2) is 7.53. The molecule has 2 aromatic rings. The van der Waals surface area contributed by atoms with Crippen LogP contribution in [-0.4, -0.2) is 37.1 Å². The third-order valence-corrected chi connectivity index (χ3v) is 4.37. The van der Waals surface area contributed by atoms with Crippen molar-refractivity contribution in [2.75, 3.05) is 31.1 Å². The highest BCUT2D eigenvalue weighted by Crippen LogP contribution is 2.19. The molecule has 24 heavy (non-hydrogen) atoms. The molecule has 0 unspecified atom stereocenters. The van der Waals surface area contributed by atoms with Gasteiger partial charge >= 0.3 is 6.03 Å². The van der Waals surface area contributed by atoms with Gasteiger partial charge in [0.05, 0.1) is 0 Å². The van der Waals surface area contributed by atoms with Crippen LogP contribution in [0.4, 0.5) is 14.9 Å². The van der Waals surface area contributed by atoms with Crippen LogP contribution in [0.25, 0.3) is 0 Å². The Kier molecular flexibility index (Phi) is 5.20. The zero-order valence-corrected chi connectivity index (χ0v) is 14.0. The van der Waals surface area contributed by atoms with Crippen LogP contribution >= 0.6 is 11.6 Å². The lowest BCUT2D eigenvalue weighted by atomic mass is 10.2. The standard InChI is InChI=1S/C18H19ClFN3O/c19-15-3-7-17(8-4-15)22-9-11-23(12-10-22)18(24)21-13-14-1-5-16(20)6-2-14/h1-8H,9-13H2,(H,21,24). The monoisotopic (exact) mass is 347 g/mol. The third kappa shape index (κ3) is 4.17. The summed E-state index contributed by atoms with van der Waals surface area (Å²) in [7, 11) is 0. The van der Waals surface area contributed by atoms with Crippen LogP contribution in [-0.2, 0) is 6.54 Å². The van der Waals surface area contributed by atoms with Gasteiger partial charge in [-0.1, -0.05) is 23.7 Å². The van der Waals surface area contributed by atoms with E-state index in [2.05, 4.69) is 10.2 Å². The van der Waals surface area contributed by atoms with Gasteiger partial charge < -0.3 is 15.1 Å². The first-order valence-electron chi connectivity index (χ1n) is 7.89. The van der Waals surface area contributed by atoms with E-state index in [1.165, 1.54) is 12.1 Å². The Morgan fingerprint density at radius 2 is 1.62 bits per heavy atom. The van der Waals surface area contributed by atoms with Gasteiger partial charge in [0.15, 0.2) is 0 Å². The number of piperazine rings is 1. The highest BCUT2D eigenvalue weighted by atomic mass is 35.5. The van der Waals surface area contributed by atoms with Crippen LogP contribution in [0.15, 0.2) is 48.5 Å². The van der Waals surface area contributed by atoms with Crippen molar-refractivity contribution in [3.8, 4) is 0 Å². The molecule has 0 bridgehead atoms. The molecule has 0 aromatic heterocycles. The fraction of sp³-hybridized carbons (Fsp3) is 0.278. The Morgan fingerprint density at radius 1 is 1.00 bits per heavy atom. The fourth-order valence-corrected chi connectivity index (χ4v) is 2.84. The summed E-state index contributed by atoms with van der Waals surface area (Å²) in [6, 6.07) is 13.8. The smallest absolute Gasteiger partial charge is 0.317 e. The number of amides is 2. The van der Waals surface area contributed by atoms with Crippen LogP contribution in [0.3, 0.4) is 0 Å². The first-order chi connectivity index (χ1) is 11.6. The summed E-state index contributed by atoms with van der Waals surface area (Å²) in [5.74, 6) is -0.275. The van der Waals surface area contributed by atoms with Gasteiger partial charge in [-0.05, 0) is 42.0 Å². The average molecular weight is 348 g/mol. The van der Waals surface area contributed by atoms with E-state index in [-0.39, 0.29) is 11.8 Å². The molecule has 0 saturated carbocycles. The van der Waals surface area contributed by atoms with Gasteiger partial charge in [0.1, 0.15) is 5.82 Å². The number of hydrogen-bond acceptors (Lipinski definition) is 2. The highest BCUT2D eigenvalue weighted by Gasteiger charge is 2.21. The molecule has 0 radical (unpaired) electrons. The second-order valence-corrected chi connectivity index (χ2v) is 6.17. The number of urea groups is 1. The van der Waals surface area contributed by atoms with Crippen molar-refractivity contribution in [3.05, 3.63) is 64.9 Å². The van der Waals surface area contributed by atoms with Gasteiger partial charge in [0.2, 0.25) is 0 Å². The van der Waals surface area contributed by atoms with E-state index < -0.39 is 0 Å². The highest BCUT2D eigenvalue weighted by molar-refractivity contribution is 6.30. The zero-order valence-electron chi connectivity index (χ0n) is 13.2. The Balaban J connectivity index is 1.48. The summed E-state index contributed by atoms with van der Waals surface area (Å²) >= 11 is 5.91. The number of nitrogens with one attached hydrogen (secondary N) is 1. The minimum Gasteiger partial charge on any atom is -0.368 e. The number of nitrogens with zero attached hydrogens (tertiary/aromatic N) is 2. The van der Waals surface area contributed by atoms with Gasteiger partial charge in [-0.3, -0.25) is 0 Å². The molecule has 1 aliphatic rings. The quantitative estimate of drug-likeness (QED) is 0.922. The summed E-state index contributed by atoms with van der Waals surface area (Å²) in [6.45, 7) is 3.30. The molecule has 0 atom stereocenters. The summed E-state index contributed by atoms with van der Waals surface area (Å²) in [5.41, 5.74) is 2.00. The van der Waals surface area contributed by atoms with E-state index in [1.54, 1.807) is 17.0 Å². The Bertz CT molecular complexity index is 682. The number of rotatable bonds is 3. The molecule has 1 heterocycles. The lowest BCUT2D eigenvalue weighted by Crippen LogP contribution is -2.51. The summed E-state index contributed by atoms with van der Waals surface area (Å²) in [5, 5.41) is 3.60. The Hall–Kier alpha value is -2.27. The van der Waals surface area contributed by atoms with Gasteiger partial charge in [-0.2, -0.15) is 0 Å². The molecule has 1 N–H and O–H groups in total. The Morgan fingerprint density at radius 3 is 2.25 bits per heavy atom. The lowest BCUT2D eigenvalue weighted by molar-refractivity contribution is 0.194. The van der Waals surface area contributed by atoms with Crippen LogP contribution in [0, 0.1) is 5.82 Å². The molecule has 1 fully saturated rings. The summed E-state index contributed by atoms with van der Waals surface area (Å²) < 4.78 is 12.9. The van der Waals surface area contributed by atoms with Crippen molar-refractivity contribution >= 4 is 23.3 Å². The molecular formula is C18H19ClFN3O. The number of carbonyl (C=O) groups is 1. The minimum atomic E-state index is -0.275. The lowest BCUT2D eigenvalue weighted by Gasteiger charge is -2.36. The predicted octanol–water partition coefficient (Wildman–Crippen LogP) is 3.51. The molecule has 0 aliphatic carbocycles. The van der Waals surface area contributed by atoms with Crippen LogP contribution in [0.5, 0.6) is 0 Å². The maximum Gasteiger partial charge on any atom is 0.317 e. The van der Waals surface area contributed by atoms with E-state index in [9.17, 15) is 9.18 Å². The van der Waals surface area contributed by atoms with E-state index in [1.807, 2.05) is 24.3 Å². The Labute approximate surface area is 145 Å². The van der Waals surface area contributed by atoms with Gasteiger partial charge in [0, 0.05) is 43.4 Å². The number of hydrogen-bond donors (Lipinski definition) is 1. The third-order valence-electron chi connectivity index (χ3n) is 4.12. The van der Waals surface area contributed by atoms with Crippen molar-refractivity contribution < 1.29 is 9.18 Å². The molecular weight excluding hydrogens is 329 g/mol. The molecule has 1 aliphatic heterocycles. The van der Waals surface area contributed by atoms with Gasteiger partial charge in [-0.15, -0.1) is 0 Å². The molecule has 3 rings (SSSR count). The first kappa shape index (κ1) is 16.6. The molecule has 2 aromatic carbocycles. The maximum atomic E-state index is 12.9. The van der Waals surface area contributed by atoms with Gasteiger partial charge in [0.25, 0.3) is 0 Å². The fourth-order valence-electron chi connectivity index (χ4n) is 2.71. The molecule has 4 nitrogen and oxygen atoms in total.